The van der Waals surface area contributed by atoms with Gasteiger partial charge >= 0.3 is 5.97 Å². The number of likely N-dealkylation sites (N-methyl/N-ethyl adjacent to an activating group) is 2. The zero-order chi connectivity index (χ0) is 18.4. The van der Waals surface area contributed by atoms with Crippen LogP contribution in [0.5, 0.6) is 0 Å². The first-order valence-corrected chi connectivity index (χ1v) is 8.18. The molecule has 2 N–H and O–H groups in total. The second-order valence-electron chi connectivity index (χ2n) is 5.56. The fraction of sp³-hybridized carbons (Fsp3) is 0.412. The number of carboxylic acids is 1. The molecule has 0 radical (unpaired) electrons. The van der Waals surface area contributed by atoms with E-state index < -0.39 is 17.9 Å². The van der Waals surface area contributed by atoms with Crippen LogP contribution in [0, 0.1) is 0 Å². The molecular weight excluding hydrogens is 324 g/mol. The molecule has 2 rings (SSSR count). The summed E-state index contributed by atoms with van der Waals surface area (Å²) in [6.45, 7) is 4.29. The summed E-state index contributed by atoms with van der Waals surface area (Å²) in [5.41, 5.74) is 0.742. The van der Waals surface area contributed by atoms with Gasteiger partial charge in [0.25, 0.3) is 5.91 Å². The molecule has 1 aromatic carbocycles. The van der Waals surface area contributed by atoms with E-state index in [1.54, 1.807) is 38.1 Å². The molecular formula is C17H22N4O4. The molecule has 0 aliphatic carbocycles. The van der Waals surface area contributed by atoms with Gasteiger partial charge in [-0.15, -0.1) is 0 Å². The molecule has 8 heteroatoms. The van der Waals surface area contributed by atoms with Crippen molar-refractivity contribution in [2.75, 3.05) is 24.6 Å². The highest BCUT2D eigenvalue weighted by Crippen LogP contribution is 2.25. The van der Waals surface area contributed by atoms with Crippen molar-refractivity contribution >= 4 is 29.2 Å². The Morgan fingerprint density at radius 2 is 1.96 bits per heavy atom. The van der Waals surface area contributed by atoms with Crippen molar-refractivity contribution in [1.82, 2.24) is 10.2 Å². The van der Waals surface area contributed by atoms with Gasteiger partial charge in [-0.05, 0) is 26.0 Å². The molecule has 1 aliphatic heterocycles. The maximum absolute atomic E-state index is 12.7. The SMILES string of the molecule is CCNC(=O)CN(CC)C(=O)C1=NN(c2ccccc2)C(C(=O)O)C1. The molecule has 0 fully saturated rings. The molecule has 0 spiro atoms. The normalized spacial score (nSPS) is 16.3. The van der Waals surface area contributed by atoms with Crippen LogP contribution in [0.3, 0.4) is 0 Å². The minimum Gasteiger partial charge on any atom is -0.480 e. The number of amides is 2. The lowest BCUT2D eigenvalue weighted by atomic mass is 10.1. The van der Waals surface area contributed by atoms with Crippen LogP contribution in [-0.2, 0) is 14.4 Å². The summed E-state index contributed by atoms with van der Waals surface area (Å²) in [5.74, 6) is -1.73. The van der Waals surface area contributed by atoms with Crippen molar-refractivity contribution in [3.8, 4) is 0 Å². The van der Waals surface area contributed by atoms with Gasteiger partial charge in [-0.25, -0.2) is 4.79 Å². The van der Waals surface area contributed by atoms with Crippen LogP contribution in [-0.4, -0.2) is 59.2 Å². The molecule has 0 saturated heterocycles. The Hall–Kier alpha value is -2.90. The summed E-state index contributed by atoms with van der Waals surface area (Å²) in [6.07, 6.45) is -0.00500. The van der Waals surface area contributed by atoms with Crippen LogP contribution in [0.2, 0.25) is 0 Å². The van der Waals surface area contributed by atoms with Crippen LogP contribution in [0.1, 0.15) is 20.3 Å². The quantitative estimate of drug-likeness (QED) is 0.756. The van der Waals surface area contributed by atoms with E-state index in [4.69, 9.17) is 0 Å². The third-order valence-corrected chi connectivity index (χ3v) is 3.84. The third kappa shape index (κ3) is 4.34. The molecule has 1 atom stereocenters. The second kappa shape index (κ2) is 8.27. The molecule has 1 aliphatic rings. The Bertz CT molecular complexity index is 674. The van der Waals surface area contributed by atoms with Crippen LogP contribution < -0.4 is 10.3 Å². The minimum absolute atomic E-state index is 0.00500. The second-order valence-corrected chi connectivity index (χ2v) is 5.56. The number of benzene rings is 1. The molecule has 1 heterocycles. The number of para-hydroxylation sites is 1. The van der Waals surface area contributed by atoms with Gasteiger partial charge < -0.3 is 15.3 Å². The Labute approximate surface area is 146 Å². The molecule has 8 nitrogen and oxygen atoms in total. The lowest BCUT2D eigenvalue weighted by molar-refractivity contribution is -0.138. The summed E-state index contributed by atoms with van der Waals surface area (Å²) in [6, 6.07) is 7.90. The number of carbonyl (C=O) groups excluding carboxylic acids is 2. The topological polar surface area (TPSA) is 102 Å². The van der Waals surface area contributed by atoms with Crippen molar-refractivity contribution in [3.63, 3.8) is 0 Å². The van der Waals surface area contributed by atoms with E-state index in [2.05, 4.69) is 10.4 Å². The minimum atomic E-state index is -1.05. The number of carboxylic acid groups (broad SMARTS) is 1. The van der Waals surface area contributed by atoms with Gasteiger partial charge in [0.1, 0.15) is 5.71 Å². The molecule has 1 aromatic rings. The Morgan fingerprint density at radius 3 is 2.52 bits per heavy atom. The first-order valence-electron chi connectivity index (χ1n) is 8.18. The number of anilines is 1. The molecule has 0 bridgehead atoms. The van der Waals surface area contributed by atoms with Crippen molar-refractivity contribution in [2.24, 2.45) is 5.10 Å². The molecule has 1 unspecified atom stereocenters. The standard InChI is InChI=1S/C17H22N4O4/c1-3-18-15(22)11-20(4-2)16(23)13-10-14(17(24)25)21(19-13)12-8-6-5-7-9-12/h5-9,14H,3-4,10-11H2,1-2H3,(H,18,22)(H,24,25). The lowest BCUT2D eigenvalue weighted by Crippen LogP contribution is -2.43. The zero-order valence-corrected chi connectivity index (χ0v) is 14.3. The maximum Gasteiger partial charge on any atom is 0.328 e. The fourth-order valence-corrected chi connectivity index (χ4v) is 2.59. The van der Waals surface area contributed by atoms with Gasteiger partial charge in [0, 0.05) is 19.5 Å². The van der Waals surface area contributed by atoms with Gasteiger partial charge in [0.05, 0.1) is 12.2 Å². The highest BCUT2D eigenvalue weighted by atomic mass is 16.4. The summed E-state index contributed by atoms with van der Waals surface area (Å²) in [4.78, 5) is 37.3. The van der Waals surface area contributed by atoms with E-state index in [-0.39, 0.29) is 24.6 Å². The predicted octanol–water partition coefficient (Wildman–Crippen LogP) is 0.690. The fourth-order valence-electron chi connectivity index (χ4n) is 2.59. The number of rotatable bonds is 7. The predicted molar refractivity (Wildman–Crippen MR) is 93.3 cm³/mol. The van der Waals surface area contributed by atoms with Crippen LogP contribution >= 0.6 is 0 Å². The Kier molecular flexibility index (Phi) is 6.10. The maximum atomic E-state index is 12.7. The number of nitrogens with zero attached hydrogens (tertiary/aromatic N) is 3. The van der Waals surface area contributed by atoms with Crippen molar-refractivity contribution in [1.29, 1.82) is 0 Å². The van der Waals surface area contributed by atoms with Crippen molar-refractivity contribution < 1.29 is 19.5 Å². The average molecular weight is 346 g/mol. The molecule has 0 aromatic heterocycles. The summed E-state index contributed by atoms with van der Waals surface area (Å²) in [7, 11) is 0. The Balaban J connectivity index is 2.21. The highest BCUT2D eigenvalue weighted by molar-refractivity contribution is 6.40. The highest BCUT2D eigenvalue weighted by Gasteiger charge is 2.37. The largest absolute Gasteiger partial charge is 0.480 e. The van der Waals surface area contributed by atoms with E-state index in [1.807, 2.05) is 6.07 Å². The third-order valence-electron chi connectivity index (χ3n) is 3.84. The van der Waals surface area contributed by atoms with Crippen LogP contribution in [0.4, 0.5) is 5.69 Å². The smallest absolute Gasteiger partial charge is 0.328 e. The average Bonchev–Trinajstić information content (AvgIpc) is 3.06. The van der Waals surface area contributed by atoms with E-state index in [0.717, 1.165) is 0 Å². The van der Waals surface area contributed by atoms with Crippen LogP contribution in [0.25, 0.3) is 0 Å². The summed E-state index contributed by atoms with van der Waals surface area (Å²) in [5, 5.41) is 17.7. The number of hydrazone groups is 1. The number of hydrogen-bond acceptors (Lipinski definition) is 5. The molecule has 0 saturated carbocycles. The van der Waals surface area contributed by atoms with E-state index in [9.17, 15) is 19.5 Å². The van der Waals surface area contributed by atoms with Gasteiger partial charge in [0.2, 0.25) is 5.91 Å². The molecule has 134 valence electrons. The first kappa shape index (κ1) is 18.4. The lowest BCUT2D eigenvalue weighted by Gasteiger charge is -2.19. The van der Waals surface area contributed by atoms with Crippen molar-refractivity contribution in [3.05, 3.63) is 30.3 Å². The zero-order valence-electron chi connectivity index (χ0n) is 14.3. The van der Waals surface area contributed by atoms with E-state index in [0.29, 0.717) is 18.8 Å². The Morgan fingerprint density at radius 1 is 1.28 bits per heavy atom. The number of aliphatic carboxylic acids is 1. The van der Waals surface area contributed by atoms with Crippen molar-refractivity contribution in [2.45, 2.75) is 26.3 Å². The number of carbonyl (C=O) groups is 3. The monoisotopic (exact) mass is 346 g/mol. The van der Waals surface area contributed by atoms with Crippen LogP contribution in [0.15, 0.2) is 35.4 Å². The van der Waals surface area contributed by atoms with E-state index >= 15 is 0 Å². The summed E-state index contributed by atoms with van der Waals surface area (Å²) < 4.78 is 0. The molecule has 25 heavy (non-hydrogen) atoms. The van der Waals surface area contributed by atoms with E-state index in [1.165, 1.54) is 9.91 Å². The number of hydrogen-bond donors (Lipinski definition) is 2. The van der Waals surface area contributed by atoms with Gasteiger partial charge in [-0.2, -0.15) is 5.10 Å². The summed E-state index contributed by atoms with van der Waals surface area (Å²) >= 11 is 0. The van der Waals surface area contributed by atoms with Gasteiger partial charge in [-0.1, -0.05) is 18.2 Å². The first-order chi connectivity index (χ1) is 12.0. The van der Waals surface area contributed by atoms with Gasteiger partial charge in [-0.3, -0.25) is 14.6 Å². The van der Waals surface area contributed by atoms with Gasteiger partial charge in [0.15, 0.2) is 6.04 Å². The molecule has 2 amide bonds. The number of nitrogens with one attached hydrogen (secondary N) is 1.